The van der Waals surface area contributed by atoms with Gasteiger partial charge in [-0.15, -0.1) is 0 Å². The number of ether oxygens (including phenoxy) is 1. The van der Waals surface area contributed by atoms with Gasteiger partial charge in [-0.05, 0) is 39.3 Å². The van der Waals surface area contributed by atoms with E-state index in [1.807, 2.05) is 0 Å². The summed E-state index contributed by atoms with van der Waals surface area (Å²) >= 11 is 0. The number of hydrogen-bond acceptors (Lipinski definition) is 5. The molecule has 1 aliphatic rings. The van der Waals surface area contributed by atoms with Crippen molar-refractivity contribution in [1.29, 1.82) is 0 Å². The van der Waals surface area contributed by atoms with Crippen LogP contribution in [0.5, 0.6) is 0 Å². The van der Waals surface area contributed by atoms with Crippen LogP contribution in [0.15, 0.2) is 24.5 Å². The van der Waals surface area contributed by atoms with E-state index in [-0.39, 0.29) is 18.4 Å². The predicted octanol–water partition coefficient (Wildman–Crippen LogP) is 1.28. The van der Waals surface area contributed by atoms with Crippen molar-refractivity contribution in [3.63, 3.8) is 0 Å². The number of nitrogens with one attached hydrogen (secondary N) is 1. The largest absolute Gasteiger partial charge is 0.444 e. The van der Waals surface area contributed by atoms with Gasteiger partial charge in [0, 0.05) is 38.6 Å². The Morgan fingerprint density at radius 1 is 1.15 bits per heavy atom. The molecule has 1 fully saturated rings. The molecule has 142 valence electrons. The first kappa shape index (κ1) is 19.7. The third-order valence-corrected chi connectivity index (χ3v) is 3.83. The van der Waals surface area contributed by atoms with E-state index < -0.39 is 11.7 Å². The number of carbonyl (C=O) groups excluding carboxylic acids is 3. The molecule has 2 rings (SSSR count). The highest BCUT2D eigenvalue weighted by Gasteiger charge is 2.23. The molecule has 1 aromatic heterocycles. The van der Waals surface area contributed by atoms with Crippen LogP contribution < -0.4 is 5.32 Å². The van der Waals surface area contributed by atoms with Crippen LogP contribution in [-0.2, 0) is 9.53 Å². The first-order chi connectivity index (χ1) is 12.3. The van der Waals surface area contributed by atoms with Crippen molar-refractivity contribution in [2.75, 3.05) is 32.7 Å². The van der Waals surface area contributed by atoms with Gasteiger partial charge in [-0.3, -0.25) is 14.6 Å². The first-order valence-electron chi connectivity index (χ1n) is 8.70. The monoisotopic (exact) mass is 362 g/mol. The summed E-state index contributed by atoms with van der Waals surface area (Å²) in [6.07, 6.45) is 3.23. The van der Waals surface area contributed by atoms with Gasteiger partial charge in [0.05, 0.1) is 5.56 Å². The van der Waals surface area contributed by atoms with Gasteiger partial charge in [0.2, 0.25) is 5.91 Å². The van der Waals surface area contributed by atoms with Crippen molar-refractivity contribution in [3.05, 3.63) is 30.1 Å². The minimum atomic E-state index is -0.617. The topological polar surface area (TPSA) is 91.8 Å². The van der Waals surface area contributed by atoms with E-state index in [0.717, 1.165) is 0 Å². The summed E-state index contributed by atoms with van der Waals surface area (Å²) in [5.41, 5.74) is -0.0676. The molecule has 0 aliphatic carbocycles. The lowest BCUT2D eigenvalue weighted by molar-refractivity contribution is -0.130. The Kier molecular flexibility index (Phi) is 6.54. The smallest absolute Gasteiger partial charge is 0.408 e. The van der Waals surface area contributed by atoms with Crippen molar-refractivity contribution in [3.8, 4) is 0 Å². The summed E-state index contributed by atoms with van der Waals surface area (Å²) in [5.74, 6) is -0.272. The molecule has 0 aromatic carbocycles. The third-order valence-electron chi connectivity index (χ3n) is 3.83. The van der Waals surface area contributed by atoms with Crippen LogP contribution in [-0.4, -0.2) is 71.0 Å². The molecular formula is C18H26N4O4. The fourth-order valence-electron chi connectivity index (χ4n) is 2.62. The summed E-state index contributed by atoms with van der Waals surface area (Å²) in [7, 11) is 0. The second-order valence-corrected chi connectivity index (χ2v) is 7.12. The summed E-state index contributed by atoms with van der Waals surface area (Å²) in [6, 6.07) is 3.46. The van der Waals surface area contributed by atoms with Crippen LogP contribution in [0.1, 0.15) is 37.6 Å². The van der Waals surface area contributed by atoms with Gasteiger partial charge in [-0.2, -0.15) is 0 Å². The molecule has 26 heavy (non-hydrogen) atoms. The Morgan fingerprint density at radius 3 is 2.50 bits per heavy atom. The number of hydrogen-bond donors (Lipinski definition) is 1. The highest BCUT2D eigenvalue weighted by molar-refractivity contribution is 5.94. The van der Waals surface area contributed by atoms with Crippen LogP contribution >= 0.6 is 0 Å². The molecule has 0 spiro atoms. The average Bonchev–Trinajstić information content (AvgIpc) is 2.84. The molecule has 1 aliphatic heterocycles. The molecule has 2 heterocycles. The average molecular weight is 362 g/mol. The third kappa shape index (κ3) is 6.02. The Balaban J connectivity index is 1.83. The van der Waals surface area contributed by atoms with Crippen molar-refractivity contribution < 1.29 is 19.1 Å². The van der Waals surface area contributed by atoms with Crippen LogP contribution in [0.25, 0.3) is 0 Å². The first-order valence-corrected chi connectivity index (χ1v) is 8.70. The fourth-order valence-corrected chi connectivity index (χ4v) is 2.62. The van der Waals surface area contributed by atoms with Gasteiger partial charge >= 0.3 is 6.09 Å². The zero-order valence-corrected chi connectivity index (χ0v) is 15.5. The molecule has 0 radical (unpaired) electrons. The van der Waals surface area contributed by atoms with E-state index in [0.29, 0.717) is 38.2 Å². The maximum Gasteiger partial charge on any atom is 0.408 e. The molecule has 8 heteroatoms. The molecule has 1 aromatic rings. The highest BCUT2D eigenvalue weighted by atomic mass is 16.6. The van der Waals surface area contributed by atoms with Gasteiger partial charge in [0.1, 0.15) is 12.1 Å². The molecule has 8 nitrogen and oxygen atoms in total. The van der Waals surface area contributed by atoms with Gasteiger partial charge in [-0.1, -0.05) is 0 Å². The van der Waals surface area contributed by atoms with E-state index in [1.54, 1.807) is 55.1 Å². The molecule has 0 bridgehead atoms. The molecule has 0 unspecified atom stereocenters. The predicted molar refractivity (Wildman–Crippen MR) is 95.6 cm³/mol. The Labute approximate surface area is 153 Å². The second kappa shape index (κ2) is 8.64. The summed E-state index contributed by atoms with van der Waals surface area (Å²) in [4.78, 5) is 43.8. The number of rotatable bonds is 3. The van der Waals surface area contributed by atoms with Crippen molar-refractivity contribution >= 4 is 17.9 Å². The Morgan fingerprint density at radius 2 is 1.85 bits per heavy atom. The number of alkyl carbamates (subject to hydrolysis) is 1. The summed E-state index contributed by atoms with van der Waals surface area (Å²) in [5, 5.41) is 2.48. The molecule has 1 N–H and O–H groups in total. The number of carbonyl (C=O) groups is 3. The van der Waals surface area contributed by atoms with E-state index in [2.05, 4.69) is 10.3 Å². The zero-order chi connectivity index (χ0) is 19.2. The summed E-state index contributed by atoms with van der Waals surface area (Å²) < 4.78 is 5.12. The van der Waals surface area contributed by atoms with Crippen molar-refractivity contribution in [2.24, 2.45) is 0 Å². The van der Waals surface area contributed by atoms with E-state index in [9.17, 15) is 14.4 Å². The lowest BCUT2D eigenvalue weighted by atomic mass is 10.2. The van der Waals surface area contributed by atoms with Crippen LogP contribution in [0, 0.1) is 0 Å². The Bertz CT molecular complexity index is 642. The van der Waals surface area contributed by atoms with Crippen LogP contribution in [0.2, 0.25) is 0 Å². The number of amides is 3. The fraction of sp³-hybridized carbons (Fsp3) is 0.556. The van der Waals surface area contributed by atoms with E-state index >= 15 is 0 Å². The second-order valence-electron chi connectivity index (χ2n) is 7.12. The molecule has 0 atom stereocenters. The maximum absolute atomic E-state index is 12.5. The van der Waals surface area contributed by atoms with Gasteiger partial charge in [0.25, 0.3) is 5.91 Å². The molecule has 0 saturated carbocycles. The van der Waals surface area contributed by atoms with Crippen molar-refractivity contribution in [1.82, 2.24) is 20.1 Å². The molecule has 1 saturated heterocycles. The van der Waals surface area contributed by atoms with E-state index in [4.69, 9.17) is 4.74 Å². The highest BCUT2D eigenvalue weighted by Crippen LogP contribution is 2.09. The lowest BCUT2D eigenvalue weighted by Gasteiger charge is -2.23. The minimum Gasteiger partial charge on any atom is -0.444 e. The number of pyridine rings is 1. The van der Waals surface area contributed by atoms with Crippen LogP contribution in [0.3, 0.4) is 0 Å². The zero-order valence-electron chi connectivity index (χ0n) is 15.5. The quantitative estimate of drug-likeness (QED) is 0.874. The van der Waals surface area contributed by atoms with Gasteiger partial charge in [0.15, 0.2) is 0 Å². The van der Waals surface area contributed by atoms with Gasteiger partial charge < -0.3 is 19.9 Å². The van der Waals surface area contributed by atoms with Crippen molar-refractivity contribution in [2.45, 2.75) is 32.8 Å². The SMILES string of the molecule is CC(C)(C)OC(=O)NCC(=O)N1CCCN(C(=O)c2cccnc2)CC1. The maximum atomic E-state index is 12.5. The van der Waals surface area contributed by atoms with Crippen LogP contribution in [0.4, 0.5) is 4.79 Å². The summed E-state index contributed by atoms with van der Waals surface area (Å²) in [6.45, 7) is 7.17. The minimum absolute atomic E-state index is 0.0840. The molecular weight excluding hydrogens is 336 g/mol. The van der Waals surface area contributed by atoms with Gasteiger partial charge in [-0.25, -0.2) is 4.79 Å². The molecule has 3 amide bonds. The number of nitrogens with zero attached hydrogens (tertiary/aromatic N) is 3. The number of aromatic nitrogens is 1. The lowest BCUT2D eigenvalue weighted by Crippen LogP contribution is -2.43. The normalized spacial score (nSPS) is 15.2. The standard InChI is InChI=1S/C18H26N4O4/c1-18(2,3)26-17(25)20-13-15(23)21-8-5-9-22(11-10-21)16(24)14-6-4-7-19-12-14/h4,6-7,12H,5,8-11,13H2,1-3H3,(H,20,25). The Hall–Kier alpha value is -2.64. The van der Waals surface area contributed by atoms with E-state index in [1.165, 1.54) is 0 Å².